The minimum Gasteiger partial charge on any atom is -0.361 e. The standard InChI is InChI=1S/C11H18N4O/c1-3-15(8-11(16)13-2)10-7-14-5-4-9(10)6-12/h4-5,7H,3,6,8,12H2,1-2H3,(H,13,16). The number of aromatic nitrogens is 1. The van der Waals surface area contributed by atoms with E-state index in [9.17, 15) is 4.79 Å². The van der Waals surface area contributed by atoms with Gasteiger partial charge in [-0.1, -0.05) is 0 Å². The lowest BCUT2D eigenvalue weighted by Gasteiger charge is -2.23. The molecule has 0 bridgehead atoms. The average molecular weight is 222 g/mol. The molecular weight excluding hydrogens is 204 g/mol. The molecule has 88 valence electrons. The van der Waals surface area contributed by atoms with Crippen LogP contribution >= 0.6 is 0 Å². The van der Waals surface area contributed by atoms with E-state index in [0.717, 1.165) is 17.8 Å². The highest BCUT2D eigenvalue weighted by Crippen LogP contribution is 2.17. The number of hydrogen-bond donors (Lipinski definition) is 2. The Morgan fingerprint density at radius 1 is 1.62 bits per heavy atom. The summed E-state index contributed by atoms with van der Waals surface area (Å²) in [7, 11) is 1.63. The van der Waals surface area contributed by atoms with Gasteiger partial charge >= 0.3 is 0 Å². The number of nitrogens with two attached hydrogens (primary N) is 1. The van der Waals surface area contributed by atoms with Crippen LogP contribution in [0, 0.1) is 0 Å². The van der Waals surface area contributed by atoms with Crippen LogP contribution in [-0.4, -0.2) is 31.0 Å². The Morgan fingerprint density at radius 3 is 2.94 bits per heavy atom. The zero-order valence-corrected chi connectivity index (χ0v) is 9.73. The molecule has 0 atom stereocenters. The van der Waals surface area contributed by atoms with Crippen molar-refractivity contribution in [3.63, 3.8) is 0 Å². The van der Waals surface area contributed by atoms with Gasteiger partial charge in [-0.3, -0.25) is 9.78 Å². The van der Waals surface area contributed by atoms with Gasteiger partial charge in [-0.05, 0) is 18.6 Å². The number of carbonyl (C=O) groups excluding carboxylic acids is 1. The third-order valence-corrected chi connectivity index (χ3v) is 2.44. The van der Waals surface area contributed by atoms with Crippen LogP contribution in [0.4, 0.5) is 5.69 Å². The van der Waals surface area contributed by atoms with Gasteiger partial charge in [-0.2, -0.15) is 0 Å². The van der Waals surface area contributed by atoms with Gasteiger partial charge < -0.3 is 16.0 Å². The minimum atomic E-state index is -0.0197. The predicted octanol–water partition coefficient (Wildman–Crippen LogP) is 0.113. The highest BCUT2D eigenvalue weighted by atomic mass is 16.1. The second-order valence-electron chi connectivity index (χ2n) is 3.40. The number of hydrogen-bond acceptors (Lipinski definition) is 4. The third kappa shape index (κ3) is 2.93. The number of amides is 1. The van der Waals surface area contributed by atoms with Crippen molar-refractivity contribution in [2.24, 2.45) is 5.73 Å². The lowest BCUT2D eigenvalue weighted by Crippen LogP contribution is -2.36. The molecule has 1 aromatic heterocycles. The van der Waals surface area contributed by atoms with E-state index in [1.165, 1.54) is 0 Å². The number of rotatable bonds is 5. The van der Waals surface area contributed by atoms with Gasteiger partial charge in [0, 0.05) is 26.3 Å². The fraction of sp³-hybridized carbons (Fsp3) is 0.455. The van der Waals surface area contributed by atoms with Crippen molar-refractivity contribution >= 4 is 11.6 Å². The smallest absolute Gasteiger partial charge is 0.239 e. The molecule has 3 N–H and O–H groups in total. The summed E-state index contributed by atoms with van der Waals surface area (Å²) in [6.45, 7) is 3.51. The highest BCUT2D eigenvalue weighted by molar-refractivity contribution is 5.81. The number of likely N-dealkylation sites (N-methyl/N-ethyl adjacent to an activating group) is 2. The molecule has 1 heterocycles. The van der Waals surface area contributed by atoms with Crippen LogP contribution in [0.25, 0.3) is 0 Å². The highest BCUT2D eigenvalue weighted by Gasteiger charge is 2.11. The van der Waals surface area contributed by atoms with Crippen molar-refractivity contribution in [3.8, 4) is 0 Å². The van der Waals surface area contributed by atoms with Gasteiger partial charge in [0.1, 0.15) is 0 Å². The van der Waals surface area contributed by atoms with Crippen LogP contribution in [0.2, 0.25) is 0 Å². The summed E-state index contributed by atoms with van der Waals surface area (Å²) in [5, 5.41) is 2.60. The monoisotopic (exact) mass is 222 g/mol. The van der Waals surface area contributed by atoms with Gasteiger partial charge in [0.25, 0.3) is 0 Å². The number of pyridine rings is 1. The molecular formula is C11H18N4O. The lowest BCUT2D eigenvalue weighted by atomic mass is 10.2. The summed E-state index contributed by atoms with van der Waals surface area (Å²) in [5.41, 5.74) is 7.58. The maximum absolute atomic E-state index is 11.3. The molecule has 0 aliphatic rings. The molecule has 0 spiro atoms. The fourth-order valence-corrected chi connectivity index (χ4v) is 1.49. The molecule has 0 saturated heterocycles. The van der Waals surface area contributed by atoms with Gasteiger partial charge in [-0.25, -0.2) is 0 Å². The number of nitrogens with one attached hydrogen (secondary N) is 1. The maximum atomic E-state index is 11.3. The zero-order chi connectivity index (χ0) is 12.0. The molecule has 1 amide bonds. The van der Waals surface area contributed by atoms with E-state index < -0.39 is 0 Å². The molecule has 1 rings (SSSR count). The van der Waals surface area contributed by atoms with Gasteiger partial charge in [-0.15, -0.1) is 0 Å². The molecule has 0 aromatic carbocycles. The first-order chi connectivity index (χ1) is 7.72. The minimum absolute atomic E-state index is 0.0197. The summed E-state index contributed by atoms with van der Waals surface area (Å²) in [6, 6.07) is 1.88. The van der Waals surface area contributed by atoms with Crippen LogP contribution in [0.1, 0.15) is 12.5 Å². The summed E-state index contributed by atoms with van der Waals surface area (Å²) >= 11 is 0. The molecule has 0 radical (unpaired) electrons. The van der Waals surface area contributed by atoms with E-state index >= 15 is 0 Å². The van der Waals surface area contributed by atoms with Gasteiger partial charge in [0.2, 0.25) is 5.91 Å². The first-order valence-electron chi connectivity index (χ1n) is 5.31. The largest absolute Gasteiger partial charge is 0.361 e. The van der Waals surface area contributed by atoms with E-state index in [1.807, 2.05) is 17.9 Å². The predicted molar refractivity (Wildman–Crippen MR) is 64.1 cm³/mol. The van der Waals surface area contributed by atoms with E-state index in [1.54, 1.807) is 19.4 Å². The molecule has 0 fully saturated rings. The summed E-state index contributed by atoms with van der Waals surface area (Å²) in [5.74, 6) is -0.0197. The Kier molecular flexibility index (Phi) is 4.72. The lowest BCUT2D eigenvalue weighted by molar-refractivity contribution is -0.119. The van der Waals surface area contributed by atoms with Crippen LogP contribution < -0.4 is 16.0 Å². The van der Waals surface area contributed by atoms with Crippen molar-refractivity contribution in [2.75, 3.05) is 25.0 Å². The molecule has 0 unspecified atom stereocenters. The Labute approximate surface area is 95.7 Å². The molecule has 0 aliphatic carbocycles. The molecule has 0 saturated carbocycles. The molecule has 0 aliphatic heterocycles. The van der Waals surface area contributed by atoms with Crippen LogP contribution in [0.5, 0.6) is 0 Å². The van der Waals surface area contributed by atoms with Crippen LogP contribution in [0.15, 0.2) is 18.5 Å². The van der Waals surface area contributed by atoms with Crippen LogP contribution in [-0.2, 0) is 11.3 Å². The quantitative estimate of drug-likeness (QED) is 0.742. The van der Waals surface area contributed by atoms with E-state index in [4.69, 9.17) is 5.73 Å². The second-order valence-corrected chi connectivity index (χ2v) is 3.40. The third-order valence-electron chi connectivity index (χ3n) is 2.44. The second kappa shape index (κ2) is 6.07. The molecule has 16 heavy (non-hydrogen) atoms. The Balaban J connectivity index is 2.89. The van der Waals surface area contributed by atoms with Crippen molar-refractivity contribution in [1.82, 2.24) is 10.3 Å². The summed E-state index contributed by atoms with van der Waals surface area (Å²) < 4.78 is 0. The normalized spacial score (nSPS) is 9.94. The average Bonchev–Trinajstić information content (AvgIpc) is 2.35. The summed E-state index contributed by atoms with van der Waals surface area (Å²) in [4.78, 5) is 17.4. The molecule has 5 nitrogen and oxygen atoms in total. The van der Waals surface area contributed by atoms with Crippen LogP contribution in [0.3, 0.4) is 0 Å². The molecule has 5 heteroatoms. The topological polar surface area (TPSA) is 71.2 Å². The Bertz CT molecular complexity index is 354. The number of anilines is 1. The molecule has 1 aromatic rings. The van der Waals surface area contributed by atoms with E-state index in [2.05, 4.69) is 10.3 Å². The first-order valence-corrected chi connectivity index (χ1v) is 5.31. The number of carbonyl (C=O) groups is 1. The first kappa shape index (κ1) is 12.4. The maximum Gasteiger partial charge on any atom is 0.239 e. The van der Waals surface area contributed by atoms with E-state index in [-0.39, 0.29) is 5.91 Å². The number of nitrogens with zero attached hydrogens (tertiary/aromatic N) is 2. The Morgan fingerprint density at radius 2 is 2.38 bits per heavy atom. The van der Waals surface area contributed by atoms with Gasteiger partial charge in [0.05, 0.1) is 18.4 Å². The van der Waals surface area contributed by atoms with Crippen molar-refractivity contribution in [3.05, 3.63) is 24.0 Å². The van der Waals surface area contributed by atoms with Crippen molar-refractivity contribution in [1.29, 1.82) is 0 Å². The fourth-order valence-electron chi connectivity index (χ4n) is 1.49. The zero-order valence-electron chi connectivity index (χ0n) is 9.73. The SMILES string of the molecule is CCN(CC(=O)NC)c1cnccc1CN. The summed E-state index contributed by atoms with van der Waals surface area (Å²) in [6.07, 6.45) is 3.45. The Hall–Kier alpha value is -1.62. The van der Waals surface area contributed by atoms with Gasteiger partial charge in [0.15, 0.2) is 0 Å². The van der Waals surface area contributed by atoms with Crippen molar-refractivity contribution in [2.45, 2.75) is 13.5 Å². The van der Waals surface area contributed by atoms with Crippen molar-refractivity contribution < 1.29 is 4.79 Å². The van der Waals surface area contributed by atoms with E-state index in [0.29, 0.717) is 13.1 Å².